The van der Waals surface area contributed by atoms with Crippen molar-refractivity contribution in [1.82, 2.24) is 9.80 Å². The molecule has 4 aromatic rings. The van der Waals surface area contributed by atoms with Crippen molar-refractivity contribution < 1.29 is 9.53 Å². The normalized spacial score (nSPS) is 14.1. The van der Waals surface area contributed by atoms with Crippen LogP contribution < -0.4 is 5.32 Å². The number of nitrogens with zero attached hydrogens (tertiary/aromatic N) is 2. The molecule has 1 aliphatic heterocycles. The fraction of sp³-hybridized carbons (Fsp3) is 0.214. The molecular weight excluding hydrogens is 474 g/mol. The van der Waals surface area contributed by atoms with Crippen LogP contribution in [0.15, 0.2) is 78.9 Å². The fourth-order valence-corrected chi connectivity index (χ4v) is 5.85. The number of nitrogens with one attached hydrogen (secondary N) is 1. The number of hydrogen-bond donors (Lipinski definition) is 1. The van der Waals surface area contributed by atoms with E-state index in [1.54, 1.807) is 0 Å². The Hall–Kier alpha value is -3.26. The largest absolute Gasteiger partial charge is 0.465 e. The summed E-state index contributed by atoms with van der Waals surface area (Å²) in [7, 11) is 1.40. The van der Waals surface area contributed by atoms with Crippen LogP contribution in [0.4, 0.5) is 5.00 Å². The van der Waals surface area contributed by atoms with E-state index in [0.717, 1.165) is 48.2 Å². The Bertz CT molecular complexity index is 1340. The topological polar surface area (TPSA) is 44.8 Å². The Morgan fingerprint density at radius 2 is 1.69 bits per heavy atom. The van der Waals surface area contributed by atoms with Gasteiger partial charge in [-0.15, -0.1) is 11.3 Å². The average Bonchev–Trinajstić information content (AvgIpc) is 3.33. The number of thiophene rings is 1. The molecule has 35 heavy (non-hydrogen) atoms. The molecule has 0 bridgehead atoms. The number of ether oxygens (including phenoxy) is 1. The number of hydrogen-bond acceptors (Lipinski definition) is 5. The quantitative estimate of drug-likeness (QED) is 0.273. The lowest BCUT2D eigenvalue weighted by Crippen LogP contribution is -2.49. The number of esters is 1. The van der Waals surface area contributed by atoms with Gasteiger partial charge in [0.2, 0.25) is 0 Å². The van der Waals surface area contributed by atoms with Crippen molar-refractivity contribution in [1.29, 1.82) is 0 Å². The standard InChI is InChI=1S/C28H27N3O2S2/c1-33-27(32)24-18-25(21-9-3-2-4-10-21)35-26(24)29-28(34)31-16-14-30(15-17-31)19-22-12-7-11-20-8-5-6-13-23(20)22/h2-13,18H,14-17,19H2,1H3,(H,29,34). The molecule has 2 heterocycles. The molecule has 3 aromatic carbocycles. The molecule has 1 aliphatic rings. The third-order valence-electron chi connectivity index (χ3n) is 6.35. The van der Waals surface area contributed by atoms with Crippen molar-refractivity contribution in [2.24, 2.45) is 0 Å². The third-order valence-corrected chi connectivity index (χ3v) is 7.81. The first-order chi connectivity index (χ1) is 17.1. The summed E-state index contributed by atoms with van der Waals surface area (Å²) in [6.07, 6.45) is 0. The van der Waals surface area contributed by atoms with Crippen molar-refractivity contribution in [2.45, 2.75) is 6.54 Å². The Balaban J connectivity index is 1.24. The van der Waals surface area contributed by atoms with E-state index in [0.29, 0.717) is 10.7 Å². The SMILES string of the molecule is COC(=O)c1cc(-c2ccccc2)sc1NC(=S)N1CCN(Cc2cccc3ccccc23)CC1. The number of anilines is 1. The van der Waals surface area contributed by atoms with Gasteiger partial charge in [-0.3, -0.25) is 4.90 Å². The van der Waals surface area contributed by atoms with Gasteiger partial charge in [0, 0.05) is 37.6 Å². The molecule has 1 aromatic heterocycles. The maximum atomic E-state index is 12.4. The van der Waals surface area contributed by atoms with E-state index in [1.165, 1.54) is 34.8 Å². The molecule has 7 heteroatoms. The summed E-state index contributed by atoms with van der Waals surface area (Å²) in [6.45, 7) is 4.44. The van der Waals surface area contributed by atoms with Gasteiger partial charge in [0.15, 0.2) is 5.11 Å². The molecule has 1 fully saturated rings. The predicted octanol–water partition coefficient (Wildman–Crippen LogP) is 5.87. The third kappa shape index (κ3) is 5.22. The molecule has 5 rings (SSSR count). The van der Waals surface area contributed by atoms with Gasteiger partial charge >= 0.3 is 5.97 Å². The minimum atomic E-state index is -0.367. The van der Waals surface area contributed by atoms with E-state index in [1.807, 2.05) is 36.4 Å². The Labute approximate surface area is 214 Å². The van der Waals surface area contributed by atoms with Crippen molar-refractivity contribution in [2.75, 3.05) is 38.6 Å². The summed E-state index contributed by atoms with van der Waals surface area (Å²) in [6, 6.07) is 27.0. The lowest BCUT2D eigenvalue weighted by molar-refractivity contribution is 0.0602. The van der Waals surface area contributed by atoms with E-state index in [2.05, 4.69) is 57.6 Å². The van der Waals surface area contributed by atoms with Gasteiger partial charge in [0.1, 0.15) is 5.00 Å². The van der Waals surface area contributed by atoms with E-state index in [4.69, 9.17) is 17.0 Å². The van der Waals surface area contributed by atoms with Gasteiger partial charge < -0.3 is 15.0 Å². The highest BCUT2D eigenvalue weighted by molar-refractivity contribution is 7.80. The zero-order valence-electron chi connectivity index (χ0n) is 19.6. The zero-order valence-corrected chi connectivity index (χ0v) is 21.2. The van der Waals surface area contributed by atoms with Crippen LogP contribution in [0.25, 0.3) is 21.2 Å². The first kappa shape index (κ1) is 23.5. The number of benzene rings is 3. The Morgan fingerprint density at radius 3 is 2.46 bits per heavy atom. The summed E-state index contributed by atoms with van der Waals surface area (Å²) in [5.74, 6) is -0.367. The first-order valence-corrected chi connectivity index (χ1v) is 12.9. The van der Waals surface area contributed by atoms with Crippen LogP contribution in [0.1, 0.15) is 15.9 Å². The summed E-state index contributed by atoms with van der Waals surface area (Å²) >= 11 is 7.26. The molecule has 0 unspecified atom stereocenters. The van der Waals surface area contributed by atoms with Crippen LogP contribution in [0.2, 0.25) is 0 Å². The molecule has 0 amide bonds. The van der Waals surface area contributed by atoms with Crippen LogP contribution >= 0.6 is 23.6 Å². The van der Waals surface area contributed by atoms with Gasteiger partial charge in [-0.1, -0.05) is 72.8 Å². The van der Waals surface area contributed by atoms with E-state index < -0.39 is 0 Å². The van der Waals surface area contributed by atoms with Crippen LogP contribution in [0.5, 0.6) is 0 Å². The van der Waals surface area contributed by atoms with Crippen LogP contribution in [-0.2, 0) is 11.3 Å². The average molecular weight is 502 g/mol. The lowest BCUT2D eigenvalue weighted by atomic mass is 10.0. The summed E-state index contributed by atoms with van der Waals surface area (Å²) in [5, 5.41) is 7.29. The highest BCUT2D eigenvalue weighted by Gasteiger charge is 2.23. The summed E-state index contributed by atoms with van der Waals surface area (Å²) in [5.41, 5.74) is 2.92. The minimum Gasteiger partial charge on any atom is -0.465 e. The number of fused-ring (bicyclic) bond motifs is 1. The van der Waals surface area contributed by atoms with Gasteiger partial charge in [-0.05, 0) is 40.2 Å². The van der Waals surface area contributed by atoms with Gasteiger partial charge in [-0.25, -0.2) is 4.79 Å². The molecular formula is C28H27N3O2S2. The van der Waals surface area contributed by atoms with Crippen molar-refractivity contribution in [3.8, 4) is 10.4 Å². The number of carbonyl (C=O) groups excluding carboxylic acids is 1. The van der Waals surface area contributed by atoms with Crippen LogP contribution in [-0.4, -0.2) is 54.2 Å². The second-order valence-electron chi connectivity index (χ2n) is 8.54. The molecule has 0 saturated carbocycles. The molecule has 1 saturated heterocycles. The molecule has 0 atom stereocenters. The Kier molecular flexibility index (Phi) is 7.08. The predicted molar refractivity (Wildman–Crippen MR) is 148 cm³/mol. The molecule has 0 radical (unpaired) electrons. The van der Waals surface area contributed by atoms with Gasteiger partial charge in [0.25, 0.3) is 0 Å². The minimum absolute atomic E-state index is 0.367. The second kappa shape index (κ2) is 10.6. The van der Waals surface area contributed by atoms with Crippen LogP contribution in [0, 0.1) is 0 Å². The highest BCUT2D eigenvalue weighted by Crippen LogP contribution is 2.36. The number of methoxy groups -OCH3 is 1. The zero-order chi connectivity index (χ0) is 24.2. The molecule has 178 valence electrons. The van der Waals surface area contributed by atoms with Gasteiger partial charge in [0.05, 0.1) is 12.7 Å². The summed E-state index contributed by atoms with van der Waals surface area (Å²) < 4.78 is 5.02. The number of piperazine rings is 1. The summed E-state index contributed by atoms with van der Waals surface area (Å²) in [4.78, 5) is 18.1. The van der Waals surface area contributed by atoms with Crippen LogP contribution in [0.3, 0.4) is 0 Å². The number of thiocarbonyl (C=S) groups is 1. The van der Waals surface area contributed by atoms with E-state index in [-0.39, 0.29) is 5.97 Å². The highest BCUT2D eigenvalue weighted by atomic mass is 32.1. The van der Waals surface area contributed by atoms with E-state index in [9.17, 15) is 4.79 Å². The Morgan fingerprint density at radius 1 is 0.971 bits per heavy atom. The smallest absolute Gasteiger partial charge is 0.340 e. The first-order valence-electron chi connectivity index (χ1n) is 11.6. The lowest BCUT2D eigenvalue weighted by Gasteiger charge is -2.36. The van der Waals surface area contributed by atoms with E-state index >= 15 is 0 Å². The van der Waals surface area contributed by atoms with Gasteiger partial charge in [-0.2, -0.15) is 0 Å². The number of carbonyl (C=O) groups is 1. The monoisotopic (exact) mass is 501 g/mol. The molecule has 0 aliphatic carbocycles. The van der Waals surface area contributed by atoms with Crippen molar-refractivity contribution in [3.63, 3.8) is 0 Å². The van der Waals surface area contributed by atoms with Crippen molar-refractivity contribution in [3.05, 3.63) is 90.0 Å². The van der Waals surface area contributed by atoms with Crippen molar-refractivity contribution >= 4 is 50.4 Å². The molecule has 5 nitrogen and oxygen atoms in total. The fourth-order valence-electron chi connectivity index (χ4n) is 4.45. The number of rotatable bonds is 5. The maximum Gasteiger partial charge on any atom is 0.340 e. The maximum absolute atomic E-state index is 12.4. The molecule has 1 N–H and O–H groups in total. The second-order valence-corrected chi connectivity index (χ2v) is 9.98. The molecule has 0 spiro atoms.